The number of rotatable bonds is 5. The topological polar surface area (TPSA) is 80.5 Å². The third-order valence-electron chi connectivity index (χ3n) is 7.29. The minimum absolute atomic E-state index is 0.465. The molecule has 1 aromatic heterocycles. The van der Waals surface area contributed by atoms with Crippen molar-refractivity contribution >= 4 is 23.2 Å². The second kappa shape index (κ2) is 15.2. The van der Waals surface area contributed by atoms with Crippen molar-refractivity contribution in [2.45, 2.75) is 39.5 Å². The molecule has 2 aromatic rings. The molecular weight excluding hydrogens is 486 g/mol. The number of methoxy groups -OCH3 is 1. The fourth-order valence-corrected chi connectivity index (χ4v) is 5.36. The molecule has 1 aromatic carbocycles. The van der Waals surface area contributed by atoms with Gasteiger partial charge < -0.3 is 24.8 Å². The Morgan fingerprint density at radius 1 is 1.05 bits per heavy atom. The van der Waals surface area contributed by atoms with Crippen LogP contribution in [0.3, 0.4) is 0 Å². The Morgan fingerprint density at radius 3 is 2.28 bits per heavy atom. The minimum atomic E-state index is 0.465. The molecule has 0 amide bonds. The molecule has 0 aliphatic carbocycles. The number of piperazine rings is 1. The first kappa shape index (κ1) is 30.1. The molecule has 4 heterocycles. The third kappa shape index (κ3) is 8.04. The van der Waals surface area contributed by atoms with Crippen molar-refractivity contribution in [2.75, 3.05) is 76.3 Å². The number of aromatic nitrogens is 2. The zero-order chi connectivity index (χ0) is 28.2. The molecule has 0 spiro atoms. The molecule has 8 heteroatoms. The third-order valence-corrected chi connectivity index (χ3v) is 7.29. The van der Waals surface area contributed by atoms with Gasteiger partial charge in [-0.05, 0) is 63.5 Å². The van der Waals surface area contributed by atoms with Gasteiger partial charge in [0.05, 0.1) is 18.9 Å². The van der Waals surface area contributed by atoms with Crippen molar-refractivity contribution in [1.29, 1.82) is 5.26 Å². The van der Waals surface area contributed by atoms with Gasteiger partial charge in [-0.25, -0.2) is 0 Å². The summed E-state index contributed by atoms with van der Waals surface area (Å²) >= 11 is 0. The van der Waals surface area contributed by atoms with Crippen LogP contribution in [0.2, 0.25) is 0 Å². The SMILES string of the molecule is C=Cc1cccc(N2CCc3nc(OC)nc(N4CCNCC4)c3CC2)c1C(=C)C.CC#N.CN1CCCC1. The number of hydrogen-bond donors (Lipinski definition) is 1. The fourth-order valence-electron chi connectivity index (χ4n) is 5.36. The Balaban J connectivity index is 0.000000400. The maximum atomic E-state index is 7.32. The van der Waals surface area contributed by atoms with E-state index < -0.39 is 0 Å². The van der Waals surface area contributed by atoms with E-state index in [9.17, 15) is 0 Å². The van der Waals surface area contributed by atoms with Crippen LogP contribution in [0, 0.1) is 11.3 Å². The monoisotopic (exact) mass is 531 g/mol. The van der Waals surface area contributed by atoms with Crippen LogP contribution in [0.1, 0.15) is 49.1 Å². The summed E-state index contributed by atoms with van der Waals surface area (Å²) in [6, 6.07) is 8.61. The quantitative estimate of drug-likeness (QED) is 0.608. The zero-order valence-corrected chi connectivity index (χ0v) is 24.3. The maximum Gasteiger partial charge on any atom is 0.318 e. The largest absolute Gasteiger partial charge is 0.467 e. The van der Waals surface area contributed by atoms with Gasteiger partial charge in [-0.1, -0.05) is 31.4 Å². The van der Waals surface area contributed by atoms with Gasteiger partial charge >= 0.3 is 6.01 Å². The molecule has 0 atom stereocenters. The Labute approximate surface area is 235 Å². The Kier molecular flexibility index (Phi) is 11.8. The van der Waals surface area contributed by atoms with Crippen LogP contribution in [-0.2, 0) is 12.8 Å². The smallest absolute Gasteiger partial charge is 0.318 e. The lowest BCUT2D eigenvalue weighted by Gasteiger charge is -2.30. The van der Waals surface area contributed by atoms with Gasteiger partial charge in [-0.2, -0.15) is 15.2 Å². The molecule has 2 fully saturated rings. The molecule has 39 heavy (non-hydrogen) atoms. The van der Waals surface area contributed by atoms with E-state index in [-0.39, 0.29) is 0 Å². The number of anilines is 2. The first-order valence-corrected chi connectivity index (χ1v) is 14.0. The Hall–Kier alpha value is -3.41. The number of fused-ring (bicyclic) bond motifs is 1. The average Bonchev–Trinajstić information content (AvgIpc) is 3.34. The second-order valence-electron chi connectivity index (χ2n) is 10.1. The number of nitriles is 1. The van der Waals surface area contributed by atoms with Gasteiger partial charge in [-0.15, -0.1) is 0 Å². The average molecular weight is 532 g/mol. The first-order valence-electron chi connectivity index (χ1n) is 14.0. The number of allylic oxidation sites excluding steroid dienone is 1. The van der Waals surface area contributed by atoms with E-state index in [0.29, 0.717) is 6.01 Å². The van der Waals surface area contributed by atoms with E-state index >= 15 is 0 Å². The van der Waals surface area contributed by atoms with E-state index in [1.807, 2.05) is 6.08 Å². The molecule has 3 aliphatic rings. The number of benzene rings is 1. The highest BCUT2D eigenvalue weighted by atomic mass is 16.5. The lowest BCUT2D eigenvalue weighted by atomic mass is 9.98. The van der Waals surface area contributed by atoms with E-state index in [1.165, 1.54) is 49.7 Å². The van der Waals surface area contributed by atoms with Crippen LogP contribution in [-0.4, -0.2) is 81.4 Å². The van der Waals surface area contributed by atoms with Crippen LogP contribution in [0.4, 0.5) is 11.5 Å². The van der Waals surface area contributed by atoms with Gasteiger partial charge in [0.25, 0.3) is 0 Å². The Morgan fingerprint density at radius 2 is 1.72 bits per heavy atom. The molecular formula is C31H45N7O. The van der Waals surface area contributed by atoms with Crippen molar-refractivity contribution in [3.05, 3.63) is 53.7 Å². The number of nitrogens with zero attached hydrogens (tertiary/aromatic N) is 6. The summed E-state index contributed by atoms with van der Waals surface area (Å²) in [6.07, 6.45) is 6.51. The van der Waals surface area contributed by atoms with Gasteiger partial charge in [0, 0.05) is 69.4 Å². The molecule has 5 rings (SSSR count). The van der Waals surface area contributed by atoms with E-state index in [1.54, 1.807) is 13.2 Å². The molecule has 1 N–H and O–H groups in total. The molecule has 0 saturated carbocycles. The summed E-state index contributed by atoms with van der Waals surface area (Å²) in [4.78, 5) is 16.7. The minimum Gasteiger partial charge on any atom is -0.467 e. The number of likely N-dealkylation sites (tertiary alicyclic amines) is 1. The lowest BCUT2D eigenvalue weighted by Crippen LogP contribution is -2.44. The van der Waals surface area contributed by atoms with Crippen molar-refractivity contribution in [1.82, 2.24) is 20.2 Å². The fraction of sp³-hybridized carbons (Fsp3) is 0.516. The van der Waals surface area contributed by atoms with Gasteiger partial charge in [-0.3, -0.25) is 0 Å². The molecule has 8 nitrogen and oxygen atoms in total. The highest BCUT2D eigenvalue weighted by Crippen LogP contribution is 2.33. The molecule has 0 bridgehead atoms. The second-order valence-corrected chi connectivity index (χ2v) is 10.1. The van der Waals surface area contributed by atoms with Crippen molar-refractivity contribution in [3.8, 4) is 12.1 Å². The standard InChI is InChI=1S/C24H31N5O.C5H11N.C2H3N/c1-5-18-7-6-8-21(22(18)17(2)3)28-13-9-19-20(10-14-28)26-24(30-4)27-23(19)29-15-11-25-12-16-29;1-6-4-2-3-5-6;1-2-3/h5-8,25H,1-2,9-16H2,3-4H3;2-5H2,1H3;1H3. The summed E-state index contributed by atoms with van der Waals surface area (Å²) in [7, 11) is 3.82. The zero-order valence-electron chi connectivity index (χ0n) is 24.3. The van der Waals surface area contributed by atoms with E-state index in [0.717, 1.165) is 74.8 Å². The van der Waals surface area contributed by atoms with Crippen LogP contribution in [0.15, 0.2) is 31.4 Å². The molecule has 210 valence electrons. The predicted molar refractivity (Wildman–Crippen MR) is 163 cm³/mol. The predicted octanol–water partition coefficient (Wildman–Crippen LogP) is 4.42. The highest BCUT2D eigenvalue weighted by molar-refractivity contribution is 5.81. The highest BCUT2D eigenvalue weighted by Gasteiger charge is 2.25. The van der Waals surface area contributed by atoms with Crippen LogP contribution >= 0.6 is 0 Å². The van der Waals surface area contributed by atoms with Gasteiger partial charge in [0.2, 0.25) is 0 Å². The molecule has 0 radical (unpaired) electrons. The summed E-state index contributed by atoms with van der Waals surface area (Å²) < 4.78 is 5.44. The summed E-state index contributed by atoms with van der Waals surface area (Å²) in [5, 5.41) is 10.7. The van der Waals surface area contributed by atoms with E-state index in [4.69, 9.17) is 20.0 Å². The number of hydrogen-bond acceptors (Lipinski definition) is 8. The summed E-state index contributed by atoms with van der Waals surface area (Å²) in [5.41, 5.74) is 6.96. The normalized spacial score (nSPS) is 16.9. The molecule has 2 saturated heterocycles. The van der Waals surface area contributed by atoms with Crippen molar-refractivity contribution in [2.24, 2.45) is 0 Å². The van der Waals surface area contributed by atoms with Gasteiger partial charge in [0.1, 0.15) is 5.82 Å². The molecule has 0 unspecified atom stereocenters. The van der Waals surface area contributed by atoms with E-state index in [2.05, 4.69) is 65.3 Å². The first-order chi connectivity index (χ1) is 18.9. The van der Waals surface area contributed by atoms with Gasteiger partial charge in [0.15, 0.2) is 0 Å². The number of nitrogens with one attached hydrogen (secondary N) is 1. The van der Waals surface area contributed by atoms with Crippen LogP contribution < -0.4 is 19.9 Å². The van der Waals surface area contributed by atoms with Crippen LogP contribution in [0.5, 0.6) is 6.01 Å². The summed E-state index contributed by atoms with van der Waals surface area (Å²) in [5.74, 6) is 1.04. The number of ether oxygens (including phenoxy) is 1. The van der Waals surface area contributed by atoms with Crippen molar-refractivity contribution < 1.29 is 4.74 Å². The summed E-state index contributed by atoms with van der Waals surface area (Å²) in [6.45, 7) is 20.0. The maximum absolute atomic E-state index is 7.32. The van der Waals surface area contributed by atoms with Crippen molar-refractivity contribution in [3.63, 3.8) is 0 Å². The molecule has 3 aliphatic heterocycles. The lowest BCUT2D eigenvalue weighted by molar-refractivity contribution is 0.377. The Bertz CT molecular complexity index is 1140. The van der Waals surface area contributed by atoms with Crippen LogP contribution in [0.25, 0.3) is 11.6 Å².